The maximum Gasteiger partial charge on any atom is 0.322 e. The van der Waals surface area contributed by atoms with Crippen molar-refractivity contribution < 1.29 is 44.1 Å². The summed E-state index contributed by atoms with van der Waals surface area (Å²) in [5.74, 6) is -7.49. The Hall–Kier alpha value is -3.22. The van der Waals surface area contributed by atoms with Gasteiger partial charge in [-0.15, -0.1) is 0 Å². The van der Waals surface area contributed by atoms with Crippen LogP contribution in [0.1, 0.15) is 26.7 Å². The van der Waals surface area contributed by atoms with Crippen molar-refractivity contribution in [3.63, 3.8) is 0 Å². The Bertz CT molecular complexity index is 635. The fraction of sp³-hybridized carbons (Fsp3) is 0.600. The van der Waals surface area contributed by atoms with Crippen molar-refractivity contribution in [1.29, 1.82) is 0 Å². The number of carbonyl (C=O) groups excluding carboxylic acids is 3. The third-order valence-corrected chi connectivity index (χ3v) is 3.40. The second-order valence-corrected chi connectivity index (χ2v) is 6.21. The summed E-state index contributed by atoms with van der Waals surface area (Å²) in [6, 6.07) is -4.34. The molecule has 0 saturated heterocycles. The lowest BCUT2D eigenvalue weighted by molar-refractivity contribution is -0.143. The van der Waals surface area contributed by atoms with E-state index < -0.39 is 79.1 Å². The van der Waals surface area contributed by atoms with Crippen LogP contribution < -0.4 is 21.7 Å². The van der Waals surface area contributed by atoms with E-state index in [1.807, 2.05) is 5.32 Å². The van der Waals surface area contributed by atoms with Gasteiger partial charge in [0, 0.05) is 0 Å². The number of nitrogens with two attached hydrogens (primary N) is 1. The lowest BCUT2D eigenvalue weighted by Gasteiger charge is -2.25. The third kappa shape index (κ3) is 9.47. The second kappa shape index (κ2) is 11.5. The zero-order chi connectivity index (χ0) is 22.0. The quantitative estimate of drug-likeness (QED) is 0.175. The molecule has 13 heteroatoms. The predicted molar refractivity (Wildman–Crippen MR) is 91.8 cm³/mol. The number of amides is 3. The van der Waals surface area contributed by atoms with Gasteiger partial charge >= 0.3 is 17.9 Å². The van der Waals surface area contributed by atoms with E-state index in [2.05, 4.69) is 10.6 Å². The standard InChI is InChI=1S/C15H24N4O9/c1-6(2)12(15(28)17-5-11(24)25)19-14(27)8(4-10(22)23)18-13(26)7(16)3-9(20)21/h6-8,12H,3-5,16H2,1-2H3,(H,17,28)(H,18,26)(H,19,27)(H,20,21)(H,22,23)(H,24,25). The van der Waals surface area contributed by atoms with E-state index in [0.717, 1.165) is 0 Å². The molecule has 13 nitrogen and oxygen atoms in total. The lowest BCUT2D eigenvalue weighted by atomic mass is 10.0. The van der Waals surface area contributed by atoms with Gasteiger partial charge in [0.25, 0.3) is 0 Å². The second-order valence-electron chi connectivity index (χ2n) is 6.21. The van der Waals surface area contributed by atoms with Crippen molar-refractivity contribution in [2.45, 2.75) is 44.8 Å². The molecule has 0 aliphatic heterocycles. The van der Waals surface area contributed by atoms with Crippen LogP contribution in [0.3, 0.4) is 0 Å². The molecule has 0 aliphatic rings. The molecule has 0 spiro atoms. The molecule has 8 N–H and O–H groups in total. The van der Waals surface area contributed by atoms with Crippen molar-refractivity contribution in [1.82, 2.24) is 16.0 Å². The van der Waals surface area contributed by atoms with Gasteiger partial charge in [-0.3, -0.25) is 28.8 Å². The Balaban J connectivity index is 5.22. The van der Waals surface area contributed by atoms with Gasteiger partial charge in [0.15, 0.2) is 0 Å². The summed E-state index contributed by atoms with van der Waals surface area (Å²) in [5.41, 5.74) is 5.37. The average Bonchev–Trinajstić information content (AvgIpc) is 2.55. The Labute approximate surface area is 159 Å². The van der Waals surface area contributed by atoms with Gasteiger partial charge in [-0.05, 0) is 5.92 Å². The molecule has 0 aliphatic carbocycles. The molecule has 0 radical (unpaired) electrons. The van der Waals surface area contributed by atoms with Crippen LogP contribution in [0, 0.1) is 5.92 Å². The number of hydrogen-bond acceptors (Lipinski definition) is 7. The van der Waals surface area contributed by atoms with Gasteiger partial charge in [0.1, 0.15) is 18.6 Å². The van der Waals surface area contributed by atoms with Crippen LogP contribution in [0.4, 0.5) is 0 Å². The number of carbonyl (C=O) groups is 6. The fourth-order valence-corrected chi connectivity index (χ4v) is 2.00. The van der Waals surface area contributed by atoms with Crippen molar-refractivity contribution in [2.75, 3.05) is 6.54 Å². The Morgan fingerprint density at radius 3 is 1.75 bits per heavy atom. The van der Waals surface area contributed by atoms with Crippen molar-refractivity contribution in [3.05, 3.63) is 0 Å². The van der Waals surface area contributed by atoms with Gasteiger partial charge < -0.3 is 37.0 Å². The molecule has 28 heavy (non-hydrogen) atoms. The molecular formula is C15H24N4O9. The van der Waals surface area contributed by atoms with Gasteiger partial charge in [0.05, 0.1) is 18.9 Å². The minimum Gasteiger partial charge on any atom is -0.481 e. The molecule has 0 fully saturated rings. The van der Waals surface area contributed by atoms with Crippen molar-refractivity contribution >= 4 is 35.6 Å². The highest BCUT2D eigenvalue weighted by Crippen LogP contribution is 2.04. The summed E-state index contributed by atoms with van der Waals surface area (Å²) in [4.78, 5) is 68.4. The highest BCUT2D eigenvalue weighted by atomic mass is 16.4. The molecule has 0 aromatic rings. The molecule has 0 heterocycles. The molecule has 3 unspecified atom stereocenters. The molecule has 3 atom stereocenters. The van der Waals surface area contributed by atoms with E-state index in [1.165, 1.54) is 0 Å². The van der Waals surface area contributed by atoms with Crippen molar-refractivity contribution in [2.24, 2.45) is 11.7 Å². The van der Waals surface area contributed by atoms with Crippen LogP contribution in [0.15, 0.2) is 0 Å². The Morgan fingerprint density at radius 1 is 0.786 bits per heavy atom. The number of aliphatic carboxylic acids is 3. The third-order valence-electron chi connectivity index (χ3n) is 3.40. The van der Waals surface area contributed by atoms with Crippen LogP contribution >= 0.6 is 0 Å². The maximum atomic E-state index is 12.4. The molecule has 158 valence electrons. The van der Waals surface area contributed by atoms with E-state index in [1.54, 1.807) is 13.8 Å². The smallest absolute Gasteiger partial charge is 0.322 e. The maximum absolute atomic E-state index is 12.4. The monoisotopic (exact) mass is 404 g/mol. The molecule has 0 saturated carbocycles. The summed E-state index contributed by atoms with van der Waals surface area (Å²) >= 11 is 0. The summed E-state index contributed by atoms with van der Waals surface area (Å²) in [7, 11) is 0. The first kappa shape index (κ1) is 24.8. The minimum absolute atomic E-state index is 0.492. The molecule has 0 aromatic heterocycles. The first-order valence-electron chi connectivity index (χ1n) is 8.14. The van der Waals surface area contributed by atoms with Crippen LogP contribution in [0.5, 0.6) is 0 Å². The van der Waals surface area contributed by atoms with Crippen LogP contribution in [0.2, 0.25) is 0 Å². The number of rotatable bonds is 12. The first-order valence-corrected chi connectivity index (χ1v) is 8.14. The predicted octanol–water partition coefficient (Wildman–Crippen LogP) is -2.91. The normalized spacial score (nSPS) is 13.7. The molecular weight excluding hydrogens is 380 g/mol. The highest BCUT2D eigenvalue weighted by Gasteiger charge is 2.31. The molecule has 0 rings (SSSR count). The molecule has 0 bridgehead atoms. The van der Waals surface area contributed by atoms with E-state index in [0.29, 0.717) is 0 Å². The van der Waals surface area contributed by atoms with Gasteiger partial charge in [0.2, 0.25) is 17.7 Å². The summed E-state index contributed by atoms with van der Waals surface area (Å²) in [6.45, 7) is 2.43. The summed E-state index contributed by atoms with van der Waals surface area (Å²) in [5, 5.41) is 32.5. The summed E-state index contributed by atoms with van der Waals surface area (Å²) in [6.07, 6.45) is -1.58. The molecule has 3 amide bonds. The van der Waals surface area contributed by atoms with Crippen molar-refractivity contribution in [3.8, 4) is 0 Å². The number of carboxylic acid groups (broad SMARTS) is 3. The van der Waals surface area contributed by atoms with Crippen LogP contribution in [-0.4, -0.2) is 75.6 Å². The average molecular weight is 404 g/mol. The fourth-order valence-electron chi connectivity index (χ4n) is 2.00. The SMILES string of the molecule is CC(C)C(NC(=O)C(CC(=O)O)NC(=O)C(N)CC(=O)O)C(=O)NCC(=O)O. The zero-order valence-electron chi connectivity index (χ0n) is 15.3. The number of carboxylic acids is 3. The van der Waals surface area contributed by atoms with Gasteiger partial charge in [-0.25, -0.2) is 0 Å². The highest BCUT2D eigenvalue weighted by molar-refractivity contribution is 5.96. The largest absolute Gasteiger partial charge is 0.481 e. The summed E-state index contributed by atoms with van der Waals surface area (Å²) < 4.78 is 0. The van der Waals surface area contributed by atoms with E-state index in [9.17, 15) is 28.8 Å². The minimum atomic E-state index is -1.63. The van der Waals surface area contributed by atoms with Crippen LogP contribution in [-0.2, 0) is 28.8 Å². The van der Waals surface area contributed by atoms with E-state index >= 15 is 0 Å². The lowest BCUT2D eigenvalue weighted by Crippen LogP contribution is -2.57. The first-order chi connectivity index (χ1) is 12.8. The number of hydrogen-bond donors (Lipinski definition) is 7. The van der Waals surface area contributed by atoms with E-state index in [-0.39, 0.29) is 0 Å². The number of nitrogens with one attached hydrogen (secondary N) is 3. The zero-order valence-corrected chi connectivity index (χ0v) is 15.3. The van der Waals surface area contributed by atoms with Gasteiger partial charge in [-0.2, -0.15) is 0 Å². The van der Waals surface area contributed by atoms with Crippen LogP contribution in [0.25, 0.3) is 0 Å². The van der Waals surface area contributed by atoms with Gasteiger partial charge in [-0.1, -0.05) is 13.8 Å². The van der Waals surface area contributed by atoms with E-state index in [4.69, 9.17) is 21.1 Å². The topological polar surface area (TPSA) is 225 Å². The Kier molecular flexibility index (Phi) is 10.2. The Morgan fingerprint density at radius 2 is 1.32 bits per heavy atom. The molecule has 0 aromatic carbocycles.